The minimum absolute atomic E-state index is 0.223. The first kappa shape index (κ1) is 11.0. The van der Waals surface area contributed by atoms with Gasteiger partial charge >= 0.3 is 0 Å². The first-order valence-corrected chi connectivity index (χ1v) is 5.53. The number of nitrogens with one attached hydrogen (secondary N) is 1. The van der Waals surface area contributed by atoms with E-state index >= 15 is 0 Å². The molecule has 3 heteroatoms. The quantitative estimate of drug-likeness (QED) is 0.829. The molecule has 1 heterocycles. The van der Waals surface area contributed by atoms with Crippen molar-refractivity contribution in [2.45, 2.75) is 19.8 Å². The number of aromatic amines is 1. The SMILES string of the molecule is COc1cccc2[nH]c(C)c(CCCO)c12. The van der Waals surface area contributed by atoms with Crippen LogP contribution in [0.4, 0.5) is 0 Å². The van der Waals surface area contributed by atoms with Crippen LogP contribution < -0.4 is 4.74 Å². The molecule has 1 aromatic carbocycles. The average molecular weight is 219 g/mol. The van der Waals surface area contributed by atoms with Crippen molar-refractivity contribution in [2.24, 2.45) is 0 Å². The van der Waals surface area contributed by atoms with Crippen LogP contribution in [0.2, 0.25) is 0 Å². The molecular formula is C13H17NO2. The zero-order valence-electron chi connectivity index (χ0n) is 9.71. The van der Waals surface area contributed by atoms with Crippen LogP contribution in [0.25, 0.3) is 10.9 Å². The Hall–Kier alpha value is -1.48. The van der Waals surface area contributed by atoms with Crippen molar-refractivity contribution in [3.63, 3.8) is 0 Å². The van der Waals surface area contributed by atoms with Crippen LogP contribution >= 0.6 is 0 Å². The lowest BCUT2D eigenvalue weighted by Crippen LogP contribution is -1.92. The number of rotatable bonds is 4. The van der Waals surface area contributed by atoms with Crippen molar-refractivity contribution in [1.82, 2.24) is 4.98 Å². The maximum absolute atomic E-state index is 8.91. The van der Waals surface area contributed by atoms with Crippen LogP contribution in [0.5, 0.6) is 5.75 Å². The fraction of sp³-hybridized carbons (Fsp3) is 0.385. The molecule has 16 heavy (non-hydrogen) atoms. The molecule has 0 unspecified atom stereocenters. The van der Waals surface area contributed by atoms with E-state index in [1.54, 1.807) is 7.11 Å². The van der Waals surface area contributed by atoms with Crippen molar-refractivity contribution in [2.75, 3.05) is 13.7 Å². The molecule has 3 nitrogen and oxygen atoms in total. The Morgan fingerprint density at radius 3 is 2.88 bits per heavy atom. The van der Waals surface area contributed by atoms with Crippen LogP contribution in [0, 0.1) is 6.92 Å². The molecule has 0 aliphatic carbocycles. The number of hydrogen-bond donors (Lipinski definition) is 2. The summed E-state index contributed by atoms with van der Waals surface area (Å²) >= 11 is 0. The first-order chi connectivity index (χ1) is 7.77. The minimum Gasteiger partial charge on any atom is -0.496 e. The molecule has 0 saturated carbocycles. The average Bonchev–Trinajstić information content (AvgIpc) is 2.62. The molecule has 86 valence electrons. The van der Waals surface area contributed by atoms with Gasteiger partial charge in [0.25, 0.3) is 0 Å². The van der Waals surface area contributed by atoms with Gasteiger partial charge in [-0.05, 0) is 37.5 Å². The van der Waals surface area contributed by atoms with Gasteiger partial charge in [-0.2, -0.15) is 0 Å². The summed E-state index contributed by atoms with van der Waals surface area (Å²) in [6.07, 6.45) is 1.66. The standard InChI is InChI=1S/C13H17NO2/c1-9-10(5-4-8-15)13-11(14-9)6-3-7-12(13)16-2/h3,6-7,14-15H,4-5,8H2,1-2H3. The normalized spacial score (nSPS) is 10.9. The van der Waals surface area contributed by atoms with Crippen LogP contribution in [0.15, 0.2) is 18.2 Å². The maximum Gasteiger partial charge on any atom is 0.128 e. The second-order valence-electron chi connectivity index (χ2n) is 3.94. The number of aryl methyl sites for hydroxylation is 2. The van der Waals surface area contributed by atoms with Crippen molar-refractivity contribution in [1.29, 1.82) is 0 Å². The van der Waals surface area contributed by atoms with Gasteiger partial charge in [-0.1, -0.05) is 6.07 Å². The van der Waals surface area contributed by atoms with Gasteiger partial charge < -0.3 is 14.8 Å². The van der Waals surface area contributed by atoms with E-state index in [0.717, 1.165) is 35.2 Å². The Morgan fingerprint density at radius 1 is 1.38 bits per heavy atom. The largest absolute Gasteiger partial charge is 0.496 e. The molecule has 0 aliphatic rings. The van der Waals surface area contributed by atoms with Gasteiger partial charge in [0.15, 0.2) is 0 Å². The first-order valence-electron chi connectivity index (χ1n) is 5.53. The number of aliphatic hydroxyl groups excluding tert-OH is 1. The minimum atomic E-state index is 0.223. The molecule has 0 radical (unpaired) electrons. The summed E-state index contributed by atoms with van der Waals surface area (Å²) in [7, 11) is 1.69. The third-order valence-electron chi connectivity index (χ3n) is 2.91. The molecule has 1 aromatic heterocycles. The Labute approximate surface area is 95.1 Å². The summed E-state index contributed by atoms with van der Waals surface area (Å²) in [5.74, 6) is 0.898. The lowest BCUT2D eigenvalue weighted by molar-refractivity contribution is 0.288. The number of fused-ring (bicyclic) bond motifs is 1. The molecule has 0 spiro atoms. The van der Waals surface area contributed by atoms with Gasteiger partial charge in [0.2, 0.25) is 0 Å². The highest BCUT2D eigenvalue weighted by Gasteiger charge is 2.11. The molecule has 0 aliphatic heterocycles. The summed E-state index contributed by atoms with van der Waals surface area (Å²) in [6, 6.07) is 6.00. The zero-order valence-corrected chi connectivity index (χ0v) is 9.71. The summed E-state index contributed by atoms with van der Waals surface area (Å²) in [6.45, 7) is 2.29. The molecular weight excluding hydrogens is 202 g/mol. The van der Waals surface area contributed by atoms with Crippen molar-refractivity contribution in [3.05, 3.63) is 29.5 Å². The molecule has 0 atom stereocenters. The summed E-state index contributed by atoms with van der Waals surface area (Å²) in [5, 5.41) is 10.1. The fourth-order valence-corrected chi connectivity index (χ4v) is 2.15. The number of H-pyrrole nitrogens is 1. The van der Waals surface area contributed by atoms with E-state index in [1.165, 1.54) is 5.56 Å². The van der Waals surface area contributed by atoms with Crippen LogP contribution in [-0.2, 0) is 6.42 Å². The molecule has 0 saturated heterocycles. The summed E-state index contributed by atoms with van der Waals surface area (Å²) < 4.78 is 5.38. The number of hydrogen-bond acceptors (Lipinski definition) is 2. The maximum atomic E-state index is 8.91. The van der Waals surface area contributed by atoms with Gasteiger partial charge in [0.1, 0.15) is 5.75 Å². The number of benzene rings is 1. The van der Waals surface area contributed by atoms with E-state index in [0.29, 0.717) is 0 Å². The van der Waals surface area contributed by atoms with Gasteiger partial charge in [-0.25, -0.2) is 0 Å². The monoisotopic (exact) mass is 219 g/mol. The second-order valence-corrected chi connectivity index (χ2v) is 3.94. The molecule has 2 rings (SSSR count). The van der Waals surface area contributed by atoms with Crippen LogP contribution in [0.3, 0.4) is 0 Å². The van der Waals surface area contributed by atoms with E-state index in [9.17, 15) is 0 Å². The molecule has 2 aromatic rings. The predicted octanol–water partition coefficient (Wildman–Crippen LogP) is 2.41. The molecule has 0 amide bonds. The second kappa shape index (κ2) is 4.58. The topological polar surface area (TPSA) is 45.2 Å². The molecule has 2 N–H and O–H groups in total. The smallest absolute Gasteiger partial charge is 0.128 e. The van der Waals surface area contributed by atoms with Crippen LogP contribution in [-0.4, -0.2) is 23.8 Å². The number of aromatic nitrogens is 1. The van der Waals surface area contributed by atoms with Gasteiger partial charge in [-0.3, -0.25) is 0 Å². The highest BCUT2D eigenvalue weighted by molar-refractivity contribution is 5.90. The zero-order chi connectivity index (χ0) is 11.5. The fourth-order valence-electron chi connectivity index (χ4n) is 2.15. The number of ether oxygens (including phenoxy) is 1. The van der Waals surface area contributed by atoms with Gasteiger partial charge in [-0.15, -0.1) is 0 Å². The van der Waals surface area contributed by atoms with E-state index < -0.39 is 0 Å². The highest BCUT2D eigenvalue weighted by Crippen LogP contribution is 2.31. The van der Waals surface area contributed by atoms with E-state index in [1.807, 2.05) is 18.2 Å². The summed E-state index contributed by atoms with van der Waals surface area (Å²) in [5.41, 5.74) is 3.51. The Balaban J connectivity index is 2.56. The van der Waals surface area contributed by atoms with Crippen molar-refractivity contribution < 1.29 is 9.84 Å². The summed E-state index contributed by atoms with van der Waals surface area (Å²) in [4.78, 5) is 3.35. The van der Waals surface area contributed by atoms with Gasteiger partial charge in [0.05, 0.1) is 7.11 Å². The number of methoxy groups -OCH3 is 1. The van der Waals surface area contributed by atoms with E-state index in [-0.39, 0.29) is 6.61 Å². The number of aliphatic hydroxyl groups is 1. The highest BCUT2D eigenvalue weighted by atomic mass is 16.5. The van der Waals surface area contributed by atoms with E-state index in [4.69, 9.17) is 9.84 Å². The molecule has 0 fully saturated rings. The third kappa shape index (κ3) is 1.78. The molecule has 0 bridgehead atoms. The van der Waals surface area contributed by atoms with Crippen molar-refractivity contribution in [3.8, 4) is 5.75 Å². The lowest BCUT2D eigenvalue weighted by Gasteiger charge is -2.04. The third-order valence-corrected chi connectivity index (χ3v) is 2.91. The van der Waals surface area contributed by atoms with Crippen molar-refractivity contribution >= 4 is 10.9 Å². The lowest BCUT2D eigenvalue weighted by atomic mass is 10.1. The Morgan fingerprint density at radius 2 is 2.19 bits per heavy atom. The predicted molar refractivity (Wildman–Crippen MR) is 65.0 cm³/mol. The Bertz CT molecular complexity index is 488. The Kier molecular flexibility index (Phi) is 3.15. The van der Waals surface area contributed by atoms with Crippen LogP contribution in [0.1, 0.15) is 17.7 Å². The van der Waals surface area contributed by atoms with Gasteiger partial charge in [0, 0.05) is 23.2 Å². The van der Waals surface area contributed by atoms with E-state index in [2.05, 4.69) is 11.9 Å².